The number of morpholine rings is 1. The van der Waals surface area contributed by atoms with E-state index in [1.165, 1.54) is 0 Å². The summed E-state index contributed by atoms with van der Waals surface area (Å²) in [7, 11) is 0. The van der Waals surface area contributed by atoms with Gasteiger partial charge in [-0.3, -0.25) is 9.69 Å². The molecule has 0 bridgehead atoms. The number of nitrogens with zero attached hydrogens (tertiary/aromatic N) is 1. The van der Waals surface area contributed by atoms with E-state index in [1.54, 1.807) is 18.2 Å². The normalized spacial score (nSPS) is 22.0. The zero-order valence-corrected chi connectivity index (χ0v) is 13.4. The zero-order chi connectivity index (χ0) is 15.6. The molecule has 0 aromatic heterocycles. The Morgan fingerprint density at radius 2 is 2.29 bits per heavy atom. The van der Waals surface area contributed by atoms with Gasteiger partial charge in [0.25, 0.3) is 0 Å². The SMILES string of the molecule is CC1CN(CC(=O)Nc2ccc(N)cc2Cl)CC(C)(C)O1. The Hall–Kier alpha value is -1.30. The highest BCUT2D eigenvalue weighted by molar-refractivity contribution is 6.34. The van der Waals surface area contributed by atoms with Crippen molar-refractivity contribution in [1.29, 1.82) is 0 Å². The van der Waals surface area contributed by atoms with E-state index in [2.05, 4.69) is 10.2 Å². The molecule has 1 fully saturated rings. The molecule has 21 heavy (non-hydrogen) atoms. The summed E-state index contributed by atoms with van der Waals surface area (Å²) in [5.41, 5.74) is 6.55. The Bertz CT molecular complexity index is 534. The van der Waals surface area contributed by atoms with Gasteiger partial charge in [-0.15, -0.1) is 0 Å². The van der Waals surface area contributed by atoms with Crippen molar-refractivity contribution in [2.45, 2.75) is 32.5 Å². The molecule has 1 aliphatic rings. The molecule has 1 aliphatic heterocycles. The summed E-state index contributed by atoms with van der Waals surface area (Å²) in [6.45, 7) is 7.86. The van der Waals surface area contributed by atoms with Crippen molar-refractivity contribution in [1.82, 2.24) is 4.90 Å². The van der Waals surface area contributed by atoms with Crippen molar-refractivity contribution in [2.75, 3.05) is 30.7 Å². The number of halogens is 1. The molecule has 6 heteroatoms. The van der Waals surface area contributed by atoms with Gasteiger partial charge in [-0.25, -0.2) is 0 Å². The van der Waals surface area contributed by atoms with Crippen LogP contribution in [0.1, 0.15) is 20.8 Å². The molecule has 1 heterocycles. The van der Waals surface area contributed by atoms with Crippen molar-refractivity contribution in [3.8, 4) is 0 Å². The highest BCUT2D eigenvalue weighted by Gasteiger charge is 2.32. The lowest BCUT2D eigenvalue weighted by Gasteiger charge is -2.41. The van der Waals surface area contributed by atoms with E-state index in [1.807, 2.05) is 20.8 Å². The lowest BCUT2D eigenvalue weighted by Crippen LogP contribution is -2.53. The maximum atomic E-state index is 12.2. The molecule has 3 N–H and O–H groups in total. The van der Waals surface area contributed by atoms with Crippen LogP contribution >= 0.6 is 11.6 Å². The smallest absolute Gasteiger partial charge is 0.238 e. The second-order valence-corrected chi connectivity index (χ2v) is 6.55. The first kappa shape index (κ1) is 16.1. The van der Waals surface area contributed by atoms with Crippen LogP contribution in [-0.4, -0.2) is 42.1 Å². The molecule has 1 aromatic carbocycles. The minimum atomic E-state index is -0.239. The van der Waals surface area contributed by atoms with Crippen LogP contribution in [0.25, 0.3) is 0 Å². The number of carbonyl (C=O) groups excluding carboxylic acids is 1. The van der Waals surface area contributed by atoms with Crippen LogP contribution in [0.4, 0.5) is 11.4 Å². The standard InChI is InChI=1S/C15H22ClN3O2/c1-10-7-19(9-15(2,3)21-10)8-14(20)18-13-5-4-11(17)6-12(13)16/h4-6,10H,7-9,17H2,1-3H3,(H,18,20). The average Bonchev–Trinajstić information content (AvgIpc) is 2.29. The first-order valence-electron chi connectivity index (χ1n) is 7.00. The van der Waals surface area contributed by atoms with Crippen LogP contribution in [0.5, 0.6) is 0 Å². The summed E-state index contributed by atoms with van der Waals surface area (Å²) in [6.07, 6.45) is 0.113. The number of carbonyl (C=O) groups is 1. The van der Waals surface area contributed by atoms with E-state index >= 15 is 0 Å². The molecule has 0 saturated carbocycles. The molecular formula is C15H22ClN3O2. The molecule has 116 valence electrons. The topological polar surface area (TPSA) is 67.6 Å². The number of anilines is 2. The summed E-state index contributed by atoms with van der Waals surface area (Å²) in [4.78, 5) is 14.2. The quantitative estimate of drug-likeness (QED) is 0.841. The molecule has 1 amide bonds. The molecule has 0 radical (unpaired) electrons. The van der Waals surface area contributed by atoms with E-state index in [-0.39, 0.29) is 17.6 Å². The third-order valence-electron chi connectivity index (χ3n) is 3.27. The number of nitrogen functional groups attached to an aromatic ring is 1. The maximum Gasteiger partial charge on any atom is 0.238 e. The van der Waals surface area contributed by atoms with Crippen molar-refractivity contribution < 1.29 is 9.53 Å². The maximum absolute atomic E-state index is 12.2. The van der Waals surface area contributed by atoms with Crippen LogP contribution < -0.4 is 11.1 Å². The second-order valence-electron chi connectivity index (χ2n) is 6.15. The predicted molar refractivity (Wildman–Crippen MR) is 85.6 cm³/mol. The molecule has 2 rings (SSSR count). The second kappa shape index (κ2) is 6.22. The molecule has 1 atom stereocenters. The summed E-state index contributed by atoms with van der Waals surface area (Å²) < 4.78 is 5.83. The van der Waals surface area contributed by atoms with Gasteiger partial charge in [0.2, 0.25) is 5.91 Å². The Labute approximate surface area is 130 Å². The fraction of sp³-hybridized carbons (Fsp3) is 0.533. The van der Waals surface area contributed by atoms with E-state index in [4.69, 9.17) is 22.1 Å². The summed E-state index contributed by atoms with van der Waals surface area (Å²) in [5.74, 6) is -0.0911. The van der Waals surface area contributed by atoms with E-state index in [0.29, 0.717) is 22.9 Å². The van der Waals surface area contributed by atoms with Gasteiger partial charge in [-0.05, 0) is 39.0 Å². The number of hydrogen-bond donors (Lipinski definition) is 2. The van der Waals surface area contributed by atoms with Crippen molar-refractivity contribution in [3.63, 3.8) is 0 Å². The van der Waals surface area contributed by atoms with E-state index in [9.17, 15) is 4.79 Å². The fourth-order valence-corrected chi connectivity index (χ4v) is 2.97. The lowest BCUT2D eigenvalue weighted by molar-refractivity contribution is -0.136. The Morgan fingerprint density at radius 1 is 1.57 bits per heavy atom. The number of hydrogen-bond acceptors (Lipinski definition) is 4. The highest BCUT2D eigenvalue weighted by Crippen LogP contribution is 2.24. The molecule has 1 unspecified atom stereocenters. The van der Waals surface area contributed by atoms with Crippen LogP contribution in [0.3, 0.4) is 0 Å². The summed E-state index contributed by atoms with van der Waals surface area (Å²) in [6, 6.07) is 5.04. The van der Waals surface area contributed by atoms with Crippen LogP contribution in [-0.2, 0) is 9.53 Å². The third-order valence-corrected chi connectivity index (χ3v) is 3.59. The molecule has 5 nitrogen and oxygen atoms in total. The number of nitrogens with one attached hydrogen (secondary N) is 1. The van der Waals surface area contributed by atoms with Gasteiger partial charge >= 0.3 is 0 Å². The van der Waals surface area contributed by atoms with Gasteiger partial charge in [0.15, 0.2) is 0 Å². The highest BCUT2D eigenvalue weighted by atomic mass is 35.5. The molecule has 0 spiro atoms. The molecule has 1 aromatic rings. The number of benzene rings is 1. The van der Waals surface area contributed by atoms with Crippen LogP contribution in [0.2, 0.25) is 5.02 Å². The molecule has 1 saturated heterocycles. The first-order chi connectivity index (χ1) is 9.75. The molecule has 0 aliphatic carbocycles. The van der Waals surface area contributed by atoms with Gasteiger partial charge in [0, 0.05) is 18.8 Å². The van der Waals surface area contributed by atoms with Gasteiger partial charge in [0.1, 0.15) is 0 Å². The summed E-state index contributed by atoms with van der Waals surface area (Å²) in [5, 5.41) is 3.26. The largest absolute Gasteiger partial charge is 0.399 e. The minimum absolute atomic E-state index is 0.0911. The van der Waals surface area contributed by atoms with Gasteiger partial charge < -0.3 is 15.8 Å². The minimum Gasteiger partial charge on any atom is -0.399 e. The van der Waals surface area contributed by atoms with Gasteiger partial charge in [0.05, 0.1) is 29.0 Å². The Kier molecular flexibility index (Phi) is 4.76. The number of amides is 1. The summed E-state index contributed by atoms with van der Waals surface area (Å²) >= 11 is 6.06. The zero-order valence-electron chi connectivity index (χ0n) is 12.6. The van der Waals surface area contributed by atoms with Crippen molar-refractivity contribution >= 4 is 28.9 Å². The Balaban J connectivity index is 1.95. The van der Waals surface area contributed by atoms with Crippen molar-refractivity contribution in [3.05, 3.63) is 23.2 Å². The third kappa shape index (κ3) is 4.59. The van der Waals surface area contributed by atoms with Gasteiger partial charge in [-0.1, -0.05) is 11.6 Å². The number of nitrogens with two attached hydrogens (primary N) is 1. The number of rotatable bonds is 3. The monoisotopic (exact) mass is 311 g/mol. The van der Waals surface area contributed by atoms with Gasteiger partial charge in [-0.2, -0.15) is 0 Å². The van der Waals surface area contributed by atoms with Crippen LogP contribution in [0, 0.1) is 0 Å². The van der Waals surface area contributed by atoms with E-state index in [0.717, 1.165) is 13.1 Å². The lowest BCUT2D eigenvalue weighted by atomic mass is 10.1. The molecular weight excluding hydrogens is 290 g/mol. The fourth-order valence-electron chi connectivity index (χ4n) is 2.73. The average molecular weight is 312 g/mol. The Morgan fingerprint density at radius 3 is 2.90 bits per heavy atom. The van der Waals surface area contributed by atoms with E-state index < -0.39 is 0 Å². The first-order valence-corrected chi connectivity index (χ1v) is 7.38. The predicted octanol–water partition coefficient (Wildman–Crippen LogP) is 2.36. The van der Waals surface area contributed by atoms with Crippen LogP contribution in [0.15, 0.2) is 18.2 Å². The number of ether oxygens (including phenoxy) is 1. The van der Waals surface area contributed by atoms with Crippen molar-refractivity contribution in [2.24, 2.45) is 0 Å².